The molecule has 0 bridgehead atoms. The molecule has 1 saturated heterocycles. The van der Waals surface area contributed by atoms with Gasteiger partial charge in [-0.3, -0.25) is 0 Å². The van der Waals surface area contributed by atoms with Gasteiger partial charge in [0.1, 0.15) is 10.7 Å². The van der Waals surface area contributed by atoms with Gasteiger partial charge in [0.25, 0.3) is 0 Å². The van der Waals surface area contributed by atoms with Crippen LogP contribution < -0.4 is 5.73 Å². The Kier molecular flexibility index (Phi) is 3.92. The molecule has 4 nitrogen and oxygen atoms in total. The number of piperidine rings is 1. The van der Waals surface area contributed by atoms with Crippen LogP contribution in [0.3, 0.4) is 0 Å². The van der Waals surface area contributed by atoms with Crippen LogP contribution in [0.25, 0.3) is 0 Å². The first-order valence-electron chi connectivity index (χ1n) is 6.67. The minimum atomic E-state index is -3.82. The van der Waals surface area contributed by atoms with Crippen molar-refractivity contribution in [1.82, 2.24) is 4.31 Å². The molecule has 0 aliphatic carbocycles. The molecule has 1 aliphatic heterocycles. The van der Waals surface area contributed by atoms with Gasteiger partial charge in [-0.25, -0.2) is 12.8 Å². The molecule has 6 heteroatoms. The lowest BCUT2D eigenvalue weighted by Gasteiger charge is -2.41. The summed E-state index contributed by atoms with van der Waals surface area (Å²) in [5.41, 5.74) is 6.13. The number of benzene rings is 1. The van der Waals surface area contributed by atoms with Gasteiger partial charge in [-0.05, 0) is 30.4 Å². The highest BCUT2D eigenvalue weighted by molar-refractivity contribution is 7.89. The first-order chi connectivity index (χ1) is 9.16. The first kappa shape index (κ1) is 15.4. The molecule has 1 aromatic rings. The monoisotopic (exact) mass is 300 g/mol. The van der Waals surface area contributed by atoms with E-state index in [4.69, 9.17) is 5.73 Å². The average Bonchev–Trinajstić information content (AvgIpc) is 2.32. The normalized spacial score (nSPS) is 23.8. The van der Waals surface area contributed by atoms with Crippen molar-refractivity contribution >= 4 is 10.0 Å². The molecule has 1 heterocycles. The smallest absolute Gasteiger partial charge is 0.246 e. The second-order valence-corrected chi connectivity index (χ2v) is 7.98. The summed E-state index contributed by atoms with van der Waals surface area (Å²) in [6.45, 7) is 6.13. The summed E-state index contributed by atoms with van der Waals surface area (Å²) < 4.78 is 40.6. The van der Waals surface area contributed by atoms with Gasteiger partial charge in [0.05, 0.1) is 0 Å². The third-order valence-electron chi connectivity index (χ3n) is 4.04. The van der Waals surface area contributed by atoms with Crippen molar-refractivity contribution in [3.63, 3.8) is 0 Å². The largest absolute Gasteiger partial charge is 0.327 e. The Morgan fingerprint density at radius 3 is 2.60 bits per heavy atom. The summed E-state index contributed by atoms with van der Waals surface area (Å²) in [7, 11) is -3.82. The maximum atomic E-state index is 13.9. The van der Waals surface area contributed by atoms with Gasteiger partial charge < -0.3 is 5.73 Å². The predicted octanol–water partition coefficient (Wildman–Crippen LogP) is 1.88. The average molecular weight is 300 g/mol. The van der Waals surface area contributed by atoms with Crippen LogP contribution in [0.2, 0.25) is 0 Å². The number of aryl methyl sites for hydroxylation is 1. The maximum absolute atomic E-state index is 13.9. The van der Waals surface area contributed by atoms with Gasteiger partial charge in [0.2, 0.25) is 10.0 Å². The van der Waals surface area contributed by atoms with E-state index >= 15 is 0 Å². The lowest BCUT2D eigenvalue weighted by molar-refractivity contribution is 0.155. The fourth-order valence-electron chi connectivity index (χ4n) is 2.60. The highest BCUT2D eigenvalue weighted by atomic mass is 32.2. The van der Waals surface area contributed by atoms with Gasteiger partial charge in [-0.1, -0.05) is 26.0 Å². The molecule has 112 valence electrons. The van der Waals surface area contributed by atoms with E-state index in [0.717, 1.165) is 0 Å². The van der Waals surface area contributed by atoms with Crippen molar-refractivity contribution in [2.24, 2.45) is 11.1 Å². The summed E-state index contributed by atoms with van der Waals surface area (Å²) >= 11 is 0. The molecule has 20 heavy (non-hydrogen) atoms. The SMILES string of the molecule is Cc1cccc(F)c1S(=O)(=O)N1CCC(N)C(C)(C)C1. The molecule has 2 rings (SSSR count). The minimum absolute atomic E-state index is 0.0457. The second kappa shape index (κ2) is 5.09. The lowest BCUT2D eigenvalue weighted by Crippen LogP contribution is -2.54. The van der Waals surface area contributed by atoms with Crippen molar-refractivity contribution in [2.45, 2.75) is 38.1 Å². The van der Waals surface area contributed by atoms with Crippen molar-refractivity contribution in [2.75, 3.05) is 13.1 Å². The van der Waals surface area contributed by atoms with E-state index in [2.05, 4.69) is 0 Å². The molecule has 1 fully saturated rings. The Labute approximate surface area is 119 Å². The van der Waals surface area contributed by atoms with Crippen molar-refractivity contribution in [3.8, 4) is 0 Å². The lowest BCUT2D eigenvalue weighted by atomic mass is 9.81. The van der Waals surface area contributed by atoms with Crippen LogP contribution in [-0.2, 0) is 10.0 Å². The minimum Gasteiger partial charge on any atom is -0.327 e. The number of sulfonamides is 1. The zero-order valence-corrected chi connectivity index (χ0v) is 12.9. The summed E-state index contributed by atoms with van der Waals surface area (Å²) in [6.07, 6.45) is 0.583. The van der Waals surface area contributed by atoms with Crippen LogP contribution in [0.15, 0.2) is 23.1 Å². The Bertz CT molecular complexity index is 593. The highest BCUT2D eigenvalue weighted by Crippen LogP contribution is 2.32. The number of rotatable bonds is 2. The second-order valence-electron chi connectivity index (χ2n) is 6.11. The van der Waals surface area contributed by atoms with E-state index in [-0.39, 0.29) is 16.4 Å². The third-order valence-corrected chi connectivity index (χ3v) is 6.06. The van der Waals surface area contributed by atoms with E-state index in [1.807, 2.05) is 13.8 Å². The van der Waals surface area contributed by atoms with E-state index < -0.39 is 15.8 Å². The van der Waals surface area contributed by atoms with Gasteiger partial charge >= 0.3 is 0 Å². The molecule has 1 unspecified atom stereocenters. The molecule has 0 amide bonds. The van der Waals surface area contributed by atoms with Gasteiger partial charge in [0, 0.05) is 19.1 Å². The number of hydrogen-bond acceptors (Lipinski definition) is 3. The first-order valence-corrected chi connectivity index (χ1v) is 8.11. The Balaban J connectivity index is 2.42. The van der Waals surface area contributed by atoms with E-state index in [1.165, 1.54) is 16.4 Å². The van der Waals surface area contributed by atoms with E-state index in [0.29, 0.717) is 25.1 Å². The van der Waals surface area contributed by atoms with Crippen LogP contribution in [0, 0.1) is 18.2 Å². The molecular weight excluding hydrogens is 279 g/mol. The quantitative estimate of drug-likeness (QED) is 0.907. The standard InChI is InChI=1S/C14H21FN2O2S/c1-10-5-4-6-11(15)13(10)20(18,19)17-8-7-12(16)14(2,3)9-17/h4-6,12H,7-9,16H2,1-3H3. The number of hydrogen-bond donors (Lipinski definition) is 1. The molecular formula is C14H21FN2O2S. The maximum Gasteiger partial charge on any atom is 0.246 e. The molecule has 0 saturated carbocycles. The zero-order valence-electron chi connectivity index (χ0n) is 12.1. The zero-order chi connectivity index (χ0) is 15.1. The number of nitrogens with two attached hydrogens (primary N) is 1. The van der Waals surface area contributed by atoms with Crippen LogP contribution in [0.1, 0.15) is 25.8 Å². The molecule has 2 N–H and O–H groups in total. The Morgan fingerprint density at radius 1 is 1.40 bits per heavy atom. The molecule has 0 spiro atoms. The number of halogens is 1. The molecule has 0 aromatic heterocycles. The molecule has 1 atom stereocenters. The summed E-state index contributed by atoms with van der Waals surface area (Å²) in [5, 5.41) is 0. The van der Waals surface area contributed by atoms with E-state index in [1.54, 1.807) is 13.0 Å². The van der Waals surface area contributed by atoms with Crippen molar-refractivity contribution in [1.29, 1.82) is 0 Å². The fourth-order valence-corrected chi connectivity index (χ4v) is 4.50. The third kappa shape index (κ3) is 2.60. The fraction of sp³-hybridized carbons (Fsp3) is 0.571. The van der Waals surface area contributed by atoms with Crippen molar-refractivity contribution < 1.29 is 12.8 Å². The summed E-state index contributed by atoms with van der Waals surface area (Å²) in [6, 6.07) is 4.26. The summed E-state index contributed by atoms with van der Waals surface area (Å²) in [5.74, 6) is -0.697. The predicted molar refractivity (Wildman–Crippen MR) is 76.3 cm³/mol. The summed E-state index contributed by atoms with van der Waals surface area (Å²) in [4.78, 5) is -0.216. The van der Waals surface area contributed by atoms with Crippen LogP contribution in [-0.4, -0.2) is 31.9 Å². The molecule has 1 aromatic carbocycles. The topological polar surface area (TPSA) is 63.4 Å². The van der Waals surface area contributed by atoms with Crippen LogP contribution in [0.4, 0.5) is 4.39 Å². The van der Waals surface area contributed by atoms with Gasteiger partial charge in [0.15, 0.2) is 0 Å². The van der Waals surface area contributed by atoms with Crippen molar-refractivity contribution in [3.05, 3.63) is 29.6 Å². The number of nitrogens with zero attached hydrogens (tertiary/aromatic N) is 1. The Morgan fingerprint density at radius 2 is 2.05 bits per heavy atom. The van der Waals surface area contributed by atoms with E-state index in [9.17, 15) is 12.8 Å². The molecule has 1 aliphatic rings. The van der Waals surface area contributed by atoms with Crippen LogP contribution in [0.5, 0.6) is 0 Å². The van der Waals surface area contributed by atoms with Crippen LogP contribution >= 0.6 is 0 Å². The van der Waals surface area contributed by atoms with Gasteiger partial charge in [-0.2, -0.15) is 4.31 Å². The van der Waals surface area contributed by atoms with Gasteiger partial charge in [-0.15, -0.1) is 0 Å². The Hall–Kier alpha value is -0.980. The molecule has 0 radical (unpaired) electrons. The highest BCUT2D eigenvalue weighted by Gasteiger charge is 2.40.